The van der Waals surface area contributed by atoms with Gasteiger partial charge >= 0.3 is 0 Å². The summed E-state index contributed by atoms with van der Waals surface area (Å²) in [6, 6.07) is 16.8. The van der Waals surface area contributed by atoms with Crippen molar-refractivity contribution in [3.63, 3.8) is 0 Å². The number of rotatable bonds is 3. The van der Waals surface area contributed by atoms with Crippen LogP contribution in [-0.4, -0.2) is 19.3 Å². The maximum absolute atomic E-state index is 13.1. The first-order chi connectivity index (χ1) is 11.0. The summed E-state index contributed by atoms with van der Waals surface area (Å²) in [5, 5.41) is 0. The first kappa shape index (κ1) is 16.0. The van der Waals surface area contributed by atoms with E-state index in [1.807, 2.05) is 55.5 Å². The normalized spacial score (nSPS) is 19.4. The maximum atomic E-state index is 13.1. The Morgan fingerprint density at radius 3 is 2.26 bits per heavy atom. The minimum atomic E-state index is -3.51. The summed E-state index contributed by atoms with van der Waals surface area (Å²) >= 11 is 0. The Labute approximate surface area is 138 Å². The van der Waals surface area contributed by atoms with E-state index in [1.54, 1.807) is 16.4 Å². The fourth-order valence-electron chi connectivity index (χ4n) is 2.93. The van der Waals surface area contributed by atoms with Gasteiger partial charge in [0.25, 0.3) is 0 Å². The van der Waals surface area contributed by atoms with Crippen LogP contribution < -0.4 is 0 Å². The molecule has 0 aromatic heterocycles. The monoisotopic (exact) mass is 327 g/mol. The van der Waals surface area contributed by atoms with Gasteiger partial charge in [-0.15, -0.1) is 0 Å². The lowest BCUT2D eigenvalue weighted by molar-refractivity contribution is 0.332. The second-order valence-electron chi connectivity index (χ2n) is 6.07. The van der Waals surface area contributed by atoms with Crippen molar-refractivity contribution in [1.82, 2.24) is 4.31 Å². The predicted octanol–water partition coefficient (Wildman–Crippen LogP) is 4.08. The van der Waals surface area contributed by atoms with Gasteiger partial charge in [0.15, 0.2) is 0 Å². The highest BCUT2D eigenvalue weighted by Gasteiger charge is 2.33. The highest BCUT2D eigenvalue weighted by molar-refractivity contribution is 7.89. The third-order valence-corrected chi connectivity index (χ3v) is 6.18. The van der Waals surface area contributed by atoms with Crippen molar-refractivity contribution < 1.29 is 8.42 Å². The molecule has 1 aliphatic rings. The molecule has 1 atom stereocenters. The van der Waals surface area contributed by atoms with Gasteiger partial charge < -0.3 is 0 Å². The molecule has 1 heterocycles. The van der Waals surface area contributed by atoms with Crippen molar-refractivity contribution in [2.24, 2.45) is 0 Å². The van der Waals surface area contributed by atoms with Gasteiger partial charge in [-0.05, 0) is 38.0 Å². The maximum Gasteiger partial charge on any atom is 0.243 e. The summed E-state index contributed by atoms with van der Waals surface area (Å²) in [4.78, 5) is 0.358. The van der Waals surface area contributed by atoms with E-state index in [-0.39, 0.29) is 6.04 Å². The molecule has 0 saturated carbocycles. The van der Waals surface area contributed by atoms with Crippen molar-refractivity contribution in [2.75, 3.05) is 6.54 Å². The molecule has 0 bridgehead atoms. The second kappa shape index (κ2) is 6.30. The van der Waals surface area contributed by atoms with E-state index in [9.17, 15) is 8.42 Å². The van der Waals surface area contributed by atoms with Crippen molar-refractivity contribution in [1.29, 1.82) is 0 Å². The zero-order chi connectivity index (χ0) is 16.4. The van der Waals surface area contributed by atoms with Crippen LogP contribution >= 0.6 is 0 Å². The lowest BCUT2D eigenvalue weighted by Crippen LogP contribution is -2.37. The van der Waals surface area contributed by atoms with Gasteiger partial charge in [-0.3, -0.25) is 0 Å². The Kier molecular flexibility index (Phi) is 4.37. The SMILES string of the molecule is CC1=CCN(S(=O)(=O)c2ccc(C)cc2)C(c2ccccc2)C1. The van der Waals surface area contributed by atoms with Crippen LogP contribution in [0.15, 0.2) is 71.1 Å². The highest BCUT2D eigenvalue weighted by atomic mass is 32.2. The van der Waals surface area contributed by atoms with E-state index >= 15 is 0 Å². The van der Waals surface area contributed by atoms with Gasteiger partial charge in [0.2, 0.25) is 10.0 Å². The number of nitrogens with zero attached hydrogens (tertiary/aromatic N) is 1. The molecule has 120 valence electrons. The van der Waals surface area contributed by atoms with E-state index in [1.165, 1.54) is 5.57 Å². The number of sulfonamides is 1. The van der Waals surface area contributed by atoms with Crippen LogP contribution in [0.25, 0.3) is 0 Å². The lowest BCUT2D eigenvalue weighted by atomic mass is 9.97. The lowest BCUT2D eigenvalue weighted by Gasteiger charge is -2.34. The molecule has 0 N–H and O–H groups in total. The first-order valence-electron chi connectivity index (χ1n) is 7.77. The Bertz CT molecular complexity index is 808. The quantitative estimate of drug-likeness (QED) is 0.797. The van der Waals surface area contributed by atoms with E-state index in [2.05, 4.69) is 6.92 Å². The number of aryl methyl sites for hydroxylation is 1. The zero-order valence-electron chi connectivity index (χ0n) is 13.4. The molecule has 0 amide bonds. The van der Waals surface area contributed by atoms with Crippen LogP contribution in [0.3, 0.4) is 0 Å². The molecule has 0 spiro atoms. The predicted molar refractivity (Wildman–Crippen MR) is 92.6 cm³/mol. The standard InChI is InChI=1S/C19H21NO2S/c1-15-8-10-18(11-9-15)23(21,22)20-13-12-16(2)14-19(20)17-6-4-3-5-7-17/h3-12,19H,13-14H2,1-2H3. The van der Waals surface area contributed by atoms with Gasteiger partial charge in [0.05, 0.1) is 10.9 Å². The van der Waals surface area contributed by atoms with Crippen molar-refractivity contribution in [3.8, 4) is 0 Å². The molecule has 23 heavy (non-hydrogen) atoms. The van der Waals surface area contributed by atoms with Gasteiger partial charge in [-0.1, -0.05) is 59.7 Å². The molecule has 3 rings (SSSR count). The highest BCUT2D eigenvalue weighted by Crippen LogP contribution is 2.35. The largest absolute Gasteiger partial charge is 0.243 e. The molecule has 4 heteroatoms. The fourth-order valence-corrected chi connectivity index (χ4v) is 4.49. The minimum absolute atomic E-state index is 0.146. The Hall–Kier alpha value is -1.91. The second-order valence-corrected chi connectivity index (χ2v) is 7.96. The Morgan fingerprint density at radius 1 is 0.957 bits per heavy atom. The van der Waals surface area contributed by atoms with Crippen LogP contribution in [0.1, 0.15) is 30.5 Å². The first-order valence-corrected chi connectivity index (χ1v) is 9.21. The fraction of sp³-hybridized carbons (Fsp3) is 0.263. The van der Waals surface area contributed by atoms with E-state index in [4.69, 9.17) is 0 Å². The molecular formula is C19H21NO2S. The summed E-state index contributed by atoms with van der Waals surface area (Å²) in [6.45, 7) is 4.43. The summed E-state index contributed by atoms with van der Waals surface area (Å²) in [7, 11) is -3.51. The molecule has 1 unspecified atom stereocenters. The number of benzene rings is 2. The van der Waals surface area contributed by atoms with Gasteiger partial charge in [0, 0.05) is 6.54 Å². The van der Waals surface area contributed by atoms with Crippen molar-refractivity contribution in [3.05, 3.63) is 77.4 Å². The molecule has 0 aliphatic carbocycles. The molecule has 2 aromatic rings. The van der Waals surface area contributed by atoms with Crippen LogP contribution in [0.2, 0.25) is 0 Å². The molecule has 0 fully saturated rings. The number of hydrogen-bond acceptors (Lipinski definition) is 2. The minimum Gasteiger partial charge on any atom is -0.207 e. The Balaban J connectivity index is 2.03. The zero-order valence-corrected chi connectivity index (χ0v) is 14.3. The summed E-state index contributed by atoms with van der Waals surface area (Å²) in [5.74, 6) is 0. The topological polar surface area (TPSA) is 37.4 Å². The number of hydrogen-bond donors (Lipinski definition) is 0. The van der Waals surface area contributed by atoms with Crippen LogP contribution in [0.5, 0.6) is 0 Å². The van der Waals surface area contributed by atoms with Crippen molar-refractivity contribution >= 4 is 10.0 Å². The molecular weight excluding hydrogens is 306 g/mol. The average Bonchev–Trinajstić information content (AvgIpc) is 2.56. The Morgan fingerprint density at radius 2 is 1.61 bits per heavy atom. The van der Waals surface area contributed by atoms with Crippen LogP contribution in [0.4, 0.5) is 0 Å². The molecule has 2 aromatic carbocycles. The summed E-state index contributed by atoms with van der Waals surface area (Å²) in [6.07, 6.45) is 2.74. The molecule has 0 radical (unpaired) electrons. The molecule has 0 saturated heterocycles. The van der Waals surface area contributed by atoms with E-state index in [0.717, 1.165) is 17.5 Å². The van der Waals surface area contributed by atoms with E-state index < -0.39 is 10.0 Å². The van der Waals surface area contributed by atoms with E-state index in [0.29, 0.717) is 11.4 Å². The average molecular weight is 327 g/mol. The van der Waals surface area contributed by atoms with Gasteiger partial charge in [-0.25, -0.2) is 8.42 Å². The van der Waals surface area contributed by atoms with Gasteiger partial charge in [0.1, 0.15) is 0 Å². The van der Waals surface area contributed by atoms with Crippen molar-refractivity contribution in [2.45, 2.75) is 31.2 Å². The summed E-state index contributed by atoms with van der Waals surface area (Å²) in [5.41, 5.74) is 3.32. The molecule has 1 aliphatic heterocycles. The third kappa shape index (κ3) is 3.23. The summed E-state index contributed by atoms with van der Waals surface area (Å²) < 4.78 is 27.8. The smallest absolute Gasteiger partial charge is 0.207 e. The third-order valence-electron chi connectivity index (χ3n) is 4.29. The molecule has 3 nitrogen and oxygen atoms in total. The van der Waals surface area contributed by atoms with Crippen LogP contribution in [-0.2, 0) is 10.0 Å². The van der Waals surface area contributed by atoms with Crippen LogP contribution in [0, 0.1) is 6.92 Å². The van der Waals surface area contributed by atoms with Gasteiger partial charge in [-0.2, -0.15) is 4.31 Å².